The Kier molecular flexibility index (Phi) is 8.91. The van der Waals surface area contributed by atoms with Crippen LogP contribution in [0.3, 0.4) is 0 Å². The first-order valence-corrected chi connectivity index (χ1v) is 9.69. The molecule has 0 atom stereocenters. The largest absolute Gasteiger partial charge is 0.469 e. The minimum Gasteiger partial charge on any atom is -0.469 e. The molecule has 0 radical (unpaired) electrons. The number of ether oxygens (including phenoxy) is 2. The van der Waals surface area contributed by atoms with Crippen LogP contribution < -0.4 is 5.32 Å². The van der Waals surface area contributed by atoms with Crippen molar-refractivity contribution in [2.45, 2.75) is 109 Å². The van der Waals surface area contributed by atoms with E-state index < -0.39 is 0 Å². The molecule has 0 aromatic heterocycles. The van der Waals surface area contributed by atoms with Gasteiger partial charge in [-0.05, 0) is 40.5 Å². The van der Waals surface area contributed by atoms with E-state index in [1.807, 2.05) is 0 Å². The maximum absolute atomic E-state index is 12.1. The van der Waals surface area contributed by atoms with Crippen molar-refractivity contribution >= 4 is 11.9 Å². The summed E-state index contributed by atoms with van der Waals surface area (Å²) in [5.74, 6) is -0.198. The van der Waals surface area contributed by atoms with Gasteiger partial charge in [0.1, 0.15) is 6.10 Å². The van der Waals surface area contributed by atoms with Gasteiger partial charge in [0.2, 0.25) is 0 Å². The summed E-state index contributed by atoms with van der Waals surface area (Å²) in [7, 11) is 1.42. The Hall–Kier alpha value is -1.10. The van der Waals surface area contributed by atoms with Crippen LogP contribution in [0.25, 0.3) is 0 Å². The molecule has 146 valence electrons. The molecule has 1 heterocycles. The van der Waals surface area contributed by atoms with Crippen molar-refractivity contribution in [3.8, 4) is 0 Å². The van der Waals surface area contributed by atoms with Crippen molar-refractivity contribution in [2.75, 3.05) is 7.11 Å². The maximum Gasteiger partial charge on any atom is 0.306 e. The van der Waals surface area contributed by atoms with Crippen LogP contribution in [0.4, 0.5) is 0 Å². The van der Waals surface area contributed by atoms with E-state index in [0.717, 1.165) is 51.4 Å². The average Bonchev–Trinajstić information content (AvgIpc) is 2.46. The van der Waals surface area contributed by atoms with Crippen molar-refractivity contribution in [3.63, 3.8) is 0 Å². The van der Waals surface area contributed by atoms with E-state index in [1.54, 1.807) is 0 Å². The van der Waals surface area contributed by atoms with Crippen molar-refractivity contribution in [2.24, 2.45) is 0 Å². The van der Waals surface area contributed by atoms with Crippen molar-refractivity contribution < 1.29 is 19.1 Å². The lowest BCUT2D eigenvalue weighted by Crippen LogP contribution is -2.59. The fraction of sp³-hybridized carbons (Fsp3) is 0.900. The highest BCUT2D eigenvalue weighted by atomic mass is 16.5. The van der Waals surface area contributed by atoms with Crippen LogP contribution in [0.5, 0.6) is 0 Å². The SMILES string of the molecule is COC(=O)CCCCCCCCC(=O)OC1CC(C)(C)NC(C)(C)C1. The standard InChI is InChI=1S/C20H37NO4/c1-19(2)14-16(15-20(3,4)21-19)25-18(23)13-11-9-7-6-8-10-12-17(22)24-5/h16,21H,6-15H2,1-5H3. The first-order valence-electron chi connectivity index (χ1n) is 9.69. The van der Waals surface area contributed by atoms with Gasteiger partial charge < -0.3 is 14.8 Å². The van der Waals surface area contributed by atoms with Crippen molar-refractivity contribution in [3.05, 3.63) is 0 Å². The van der Waals surface area contributed by atoms with Crippen molar-refractivity contribution in [1.29, 1.82) is 0 Å². The topological polar surface area (TPSA) is 64.6 Å². The zero-order valence-electron chi connectivity index (χ0n) is 16.8. The molecule has 1 rings (SSSR count). The molecule has 0 saturated carbocycles. The van der Waals surface area contributed by atoms with Gasteiger partial charge >= 0.3 is 11.9 Å². The first kappa shape index (κ1) is 21.9. The van der Waals surface area contributed by atoms with Gasteiger partial charge in [0.05, 0.1) is 7.11 Å². The number of carbonyl (C=O) groups excluding carboxylic acids is 2. The molecule has 0 aromatic rings. The summed E-state index contributed by atoms with van der Waals surface area (Å²) >= 11 is 0. The van der Waals surface area contributed by atoms with Gasteiger partial charge in [0.15, 0.2) is 0 Å². The summed E-state index contributed by atoms with van der Waals surface area (Å²) in [6.07, 6.45) is 8.80. The van der Waals surface area contributed by atoms with Crippen LogP contribution in [0.1, 0.15) is 91.9 Å². The Bertz CT molecular complexity index is 415. The monoisotopic (exact) mass is 355 g/mol. The van der Waals surface area contributed by atoms with Crippen LogP contribution in [0.15, 0.2) is 0 Å². The molecule has 25 heavy (non-hydrogen) atoms. The third kappa shape index (κ3) is 9.83. The molecule has 1 aliphatic heterocycles. The minimum atomic E-state index is -0.132. The quantitative estimate of drug-likeness (QED) is 0.471. The number of piperidine rings is 1. The highest BCUT2D eigenvalue weighted by molar-refractivity contribution is 5.69. The molecular weight excluding hydrogens is 318 g/mol. The summed E-state index contributed by atoms with van der Waals surface area (Å²) in [6.45, 7) is 8.65. The second-order valence-electron chi connectivity index (χ2n) is 8.61. The predicted octanol–water partition coefficient (Wildman–Crippen LogP) is 4.13. The molecule has 1 saturated heterocycles. The normalized spacial score (nSPS) is 19.4. The first-order chi connectivity index (χ1) is 11.6. The number of methoxy groups -OCH3 is 1. The van der Waals surface area contributed by atoms with Gasteiger partial charge in [0, 0.05) is 36.8 Å². The molecule has 0 aromatic carbocycles. The van der Waals surface area contributed by atoms with Crippen LogP contribution in [-0.2, 0) is 19.1 Å². The molecule has 0 bridgehead atoms. The van der Waals surface area contributed by atoms with E-state index in [9.17, 15) is 9.59 Å². The molecule has 0 amide bonds. The van der Waals surface area contributed by atoms with Gasteiger partial charge in [-0.3, -0.25) is 9.59 Å². The molecular formula is C20H37NO4. The van der Waals surface area contributed by atoms with E-state index in [1.165, 1.54) is 7.11 Å². The molecule has 5 nitrogen and oxygen atoms in total. The Labute approximate surface area is 153 Å². The van der Waals surface area contributed by atoms with Gasteiger partial charge in [-0.1, -0.05) is 25.7 Å². The molecule has 0 unspecified atom stereocenters. The Morgan fingerprint density at radius 3 is 1.76 bits per heavy atom. The van der Waals surface area contributed by atoms with Crippen LogP contribution in [-0.4, -0.2) is 36.2 Å². The van der Waals surface area contributed by atoms with Gasteiger partial charge in [-0.25, -0.2) is 0 Å². The van der Waals surface area contributed by atoms with Gasteiger partial charge in [-0.2, -0.15) is 0 Å². The fourth-order valence-corrected chi connectivity index (χ4v) is 3.90. The lowest BCUT2D eigenvalue weighted by atomic mass is 9.81. The number of hydrogen-bond acceptors (Lipinski definition) is 5. The van der Waals surface area contributed by atoms with E-state index in [0.29, 0.717) is 12.8 Å². The zero-order valence-corrected chi connectivity index (χ0v) is 16.8. The number of nitrogens with one attached hydrogen (secondary N) is 1. The number of hydrogen-bond donors (Lipinski definition) is 1. The summed E-state index contributed by atoms with van der Waals surface area (Å²) in [6, 6.07) is 0. The molecule has 0 aliphatic carbocycles. The number of rotatable bonds is 10. The summed E-state index contributed by atoms with van der Waals surface area (Å²) in [5.41, 5.74) is -0.00616. The highest BCUT2D eigenvalue weighted by Gasteiger charge is 2.39. The number of carbonyl (C=O) groups is 2. The van der Waals surface area contributed by atoms with E-state index in [-0.39, 0.29) is 29.1 Å². The molecule has 1 fully saturated rings. The predicted molar refractivity (Wildman–Crippen MR) is 99.4 cm³/mol. The fourth-order valence-electron chi connectivity index (χ4n) is 3.90. The average molecular weight is 356 g/mol. The number of unbranched alkanes of at least 4 members (excludes halogenated alkanes) is 5. The second kappa shape index (κ2) is 10.1. The highest BCUT2D eigenvalue weighted by Crippen LogP contribution is 2.30. The maximum atomic E-state index is 12.1. The van der Waals surface area contributed by atoms with Gasteiger partial charge in [0.25, 0.3) is 0 Å². The molecule has 5 heteroatoms. The van der Waals surface area contributed by atoms with E-state index >= 15 is 0 Å². The molecule has 0 spiro atoms. The van der Waals surface area contributed by atoms with Crippen LogP contribution >= 0.6 is 0 Å². The van der Waals surface area contributed by atoms with Crippen LogP contribution in [0.2, 0.25) is 0 Å². The summed E-state index contributed by atoms with van der Waals surface area (Å²) < 4.78 is 10.3. The van der Waals surface area contributed by atoms with Crippen molar-refractivity contribution in [1.82, 2.24) is 5.32 Å². The lowest BCUT2D eigenvalue weighted by molar-refractivity contribution is -0.153. The smallest absolute Gasteiger partial charge is 0.306 e. The Morgan fingerprint density at radius 2 is 1.28 bits per heavy atom. The number of esters is 2. The summed E-state index contributed by atoms with van der Waals surface area (Å²) in [4.78, 5) is 23.1. The Morgan fingerprint density at radius 1 is 0.840 bits per heavy atom. The zero-order chi connectivity index (χ0) is 18.9. The molecule has 1 aliphatic rings. The Balaban J connectivity index is 2.10. The van der Waals surface area contributed by atoms with E-state index in [2.05, 4.69) is 37.7 Å². The summed E-state index contributed by atoms with van der Waals surface area (Å²) in [5, 5.41) is 3.60. The lowest BCUT2D eigenvalue weighted by Gasteiger charge is -2.45. The third-order valence-corrected chi connectivity index (χ3v) is 4.69. The minimum absolute atomic E-state index is 0.00308. The van der Waals surface area contributed by atoms with Gasteiger partial charge in [-0.15, -0.1) is 0 Å². The third-order valence-electron chi connectivity index (χ3n) is 4.69. The van der Waals surface area contributed by atoms with Crippen LogP contribution in [0, 0.1) is 0 Å². The van der Waals surface area contributed by atoms with E-state index in [4.69, 9.17) is 4.74 Å². The second-order valence-corrected chi connectivity index (χ2v) is 8.61. The molecule has 1 N–H and O–H groups in total.